The molecule has 0 saturated heterocycles. The highest BCUT2D eigenvalue weighted by Gasteiger charge is 2.16. The summed E-state index contributed by atoms with van der Waals surface area (Å²) in [5.74, 6) is 0.452. The van der Waals surface area contributed by atoms with Gasteiger partial charge in [0.1, 0.15) is 16.6 Å². The first-order chi connectivity index (χ1) is 10.3. The molecular weight excluding hydrogens is 302 g/mol. The Bertz CT molecular complexity index is 651. The highest BCUT2D eigenvalue weighted by Crippen LogP contribution is 2.13. The van der Waals surface area contributed by atoms with Gasteiger partial charge < -0.3 is 4.74 Å². The smallest absolute Gasteiger partial charge is 0.413 e. The van der Waals surface area contributed by atoms with E-state index in [1.807, 2.05) is 39.0 Å². The van der Waals surface area contributed by atoms with Crippen molar-refractivity contribution in [1.82, 2.24) is 9.97 Å². The zero-order valence-corrected chi connectivity index (χ0v) is 13.5. The van der Waals surface area contributed by atoms with Crippen LogP contribution in [0.2, 0.25) is 5.15 Å². The Morgan fingerprint density at radius 1 is 1.27 bits per heavy atom. The van der Waals surface area contributed by atoms with Crippen molar-refractivity contribution in [2.24, 2.45) is 0 Å². The topological polar surface area (TPSA) is 64.1 Å². The number of rotatable bonds is 3. The second-order valence-electron chi connectivity index (χ2n) is 5.81. The van der Waals surface area contributed by atoms with E-state index in [1.165, 1.54) is 0 Å². The molecule has 2 aromatic rings. The lowest BCUT2D eigenvalue weighted by molar-refractivity contribution is 0.0635. The molecule has 22 heavy (non-hydrogen) atoms. The Labute approximate surface area is 134 Å². The van der Waals surface area contributed by atoms with Gasteiger partial charge in [0.25, 0.3) is 0 Å². The molecule has 1 N–H and O–H groups in total. The predicted molar refractivity (Wildman–Crippen MR) is 86.1 cm³/mol. The van der Waals surface area contributed by atoms with Crippen molar-refractivity contribution in [3.05, 3.63) is 52.9 Å². The van der Waals surface area contributed by atoms with Crippen molar-refractivity contribution in [1.29, 1.82) is 0 Å². The zero-order valence-electron chi connectivity index (χ0n) is 12.8. The fourth-order valence-electron chi connectivity index (χ4n) is 1.78. The molecule has 0 bridgehead atoms. The molecule has 116 valence electrons. The Morgan fingerprint density at radius 3 is 2.68 bits per heavy atom. The number of hydrogen-bond donors (Lipinski definition) is 1. The minimum atomic E-state index is -0.545. The van der Waals surface area contributed by atoms with Crippen molar-refractivity contribution in [3.63, 3.8) is 0 Å². The van der Waals surface area contributed by atoms with Gasteiger partial charge in [-0.2, -0.15) is 0 Å². The lowest BCUT2D eigenvalue weighted by Crippen LogP contribution is -2.27. The van der Waals surface area contributed by atoms with E-state index in [2.05, 4.69) is 15.3 Å². The highest BCUT2D eigenvalue weighted by molar-refractivity contribution is 6.29. The molecule has 0 aliphatic carbocycles. The van der Waals surface area contributed by atoms with Gasteiger partial charge in [-0.1, -0.05) is 23.7 Å². The van der Waals surface area contributed by atoms with Crippen molar-refractivity contribution in [2.45, 2.75) is 32.8 Å². The Hall–Kier alpha value is -2.14. The van der Waals surface area contributed by atoms with Crippen LogP contribution in [0.5, 0.6) is 0 Å². The van der Waals surface area contributed by atoms with E-state index in [-0.39, 0.29) is 0 Å². The number of nitrogens with zero attached hydrogens (tertiary/aromatic N) is 2. The van der Waals surface area contributed by atoms with Crippen molar-refractivity contribution < 1.29 is 9.53 Å². The Kier molecular flexibility index (Phi) is 4.98. The van der Waals surface area contributed by atoms with E-state index in [0.717, 1.165) is 11.3 Å². The van der Waals surface area contributed by atoms with Crippen LogP contribution in [0.3, 0.4) is 0 Å². The van der Waals surface area contributed by atoms with E-state index in [1.54, 1.807) is 18.3 Å². The van der Waals surface area contributed by atoms with Gasteiger partial charge >= 0.3 is 6.09 Å². The van der Waals surface area contributed by atoms with Gasteiger partial charge in [0, 0.05) is 18.3 Å². The molecule has 5 nitrogen and oxygen atoms in total. The van der Waals surface area contributed by atoms with Gasteiger partial charge in [0.15, 0.2) is 0 Å². The first-order valence-electron chi connectivity index (χ1n) is 6.88. The number of carbonyl (C=O) groups is 1. The first kappa shape index (κ1) is 16.2. The second kappa shape index (κ2) is 6.75. The number of nitrogens with one attached hydrogen (secondary N) is 1. The molecule has 0 aliphatic rings. The molecule has 0 fully saturated rings. The molecule has 0 aromatic carbocycles. The number of ether oxygens (including phenoxy) is 1. The van der Waals surface area contributed by atoms with Gasteiger partial charge in [-0.15, -0.1) is 0 Å². The van der Waals surface area contributed by atoms with E-state index < -0.39 is 11.7 Å². The molecule has 2 aromatic heterocycles. The average molecular weight is 320 g/mol. The maximum atomic E-state index is 11.7. The average Bonchev–Trinajstić information content (AvgIpc) is 2.39. The van der Waals surface area contributed by atoms with E-state index in [4.69, 9.17) is 16.3 Å². The molecule has 0 radical (unpaired) electrons. The highest BCUT2D eigenvalue weighted by atomic mass is 35.5. The normalized spacial score (nSPS) is 11.1. The molecule has 0 unspecified atom stereocenters. The third-order valence-corrected chi connectivity index (χ3v) is 2.83. The van der Waals surface area contributed by atoms with Crippen LogP contribution >= 0.6 is 11.6 Å². The molecule has 0 atom stereocenters. The molecule has 0 saturated carbocycles. The minimum Gasteiger partial charge on any atom is -0.444 e. The lowest BCUT2D eigenvalue weighted by atomic mass is 10.1. The minimum absolute atomic E-state index is 0.452. The van der Waals surface area contributed by atoms with Crippen LogP contribution in [0.25, 0.3) is 0 Å². The maximum Gasteiger partial charge on any atom is 0.413 e. The quantitative estimate of drug-likeness (QED) is 0.866. The van der Waals surface area contributed by atoms with Crippen molar-refractivity contribution in [2.75, 3.05) is 5.32 Å². The standard InChI is InChI=1S/C16H18ClN3O2/c1-16(2,3)22-15(21)20-14-6-4-5-12(19-14)9-11-7-8-13(17)18-10-11/h4-8,10H,9H2,1-3H3,(H,19,20,21). The number of anilines is 1. The Balaban J connectivity index is 2.03. The summed E-state index contributed by atoms with van der Waals surface area (Å²) in [6.45, 7) is 5.43. The second-order valence-corrected chi connectivity index (χ2v) is 6.19. The van der Waals surface area contributed by atoms with Gasteiger partial charge in [0.2, 0.25) is 0 Å². The summed E-state index contributed by atoms with van der Waals surface area (Å²) < 4.78 is 5.20. The van der Waals surface area contributed by atoms with Crippen LogP contribution in [0.1, 0.15) is 32.0 Å². The number of aromatic nitrogens is 2. The van der Waals surface area contributed by atoms with Crippen LogP contribution in [0, 0.1) is 0 Å². The molecule has 2 rings (SSSR count). The molecular formula is C16H18ClN3O2. The predicted octanol–water partition coefficient (Wildman–Crippen LogP) is 4.07. The fourth-order valence-corrected chi connectivity index (χ4v) is 1.89. The molecule has 0 aliphatic heterocycles. The van der Waals surface area contributed by atoms with Gasteiger partial charge in [0.05, 0.1) is 0 Å². The third kappa shape index (κ3) is 5.33. The SMILES string of the molecule is CC(C)(C)OC(=O)Nc1cccc(Cc2ccc(Cl)nc2)n1. The first-order valence-corrected chi connectivity index (χ1v) is 7.26. The fraction of sp³-hybridized carbons (Fsp3) is 0.312. The number of amides is 1. The van der Waals surface area contributed by atoms with Gasteiger partial charge in [-0.05, 0) is 44.5 Å². The molecule has 0 spiro atoms. The zero-order chi connectivity index (χ0) is 16.2. The molecule has 6 heteroatoms. The number of hydrogen-bond acceptors (Lipinski definition) is 4. The van der Waals surface area contributed by atoms with E-state index in [9.17, 15) is 4.79 Å². The Morgan fingerprint density at radius 2 is 2.05 bits per heavy atom. The summed E-state index contributed by atoms with van der Waals surface area (Å²) in [5.41, 5.74) is 1.26. The van der Waals surface area contributed by atoms with Crippen LogP contribution in [0.15, 0.2) is 36.5 Å². The van der Waals surface area contributed by atoms with Crippen LogP contribution in [-0.2, 0) is 11.2 Å². The summed E-state index contributed by atoms with van der Waals surface area (Å²) in [4.78, 5) is 20.2. The summed E-state index contributed by atoms with van der Waals surface area (Å²) in [7, 11) is 0. The summed E-state index contributed by atoms with van der Waals surface area (Å²) >= 11 is 5.76. The monoisotopic (exact) mass is 319 g/mol. The largest absolute Gasteiger partial charge is 0.444 e. The van der Waals surface area contributed by atoms with Crippen molar-refractivity contribution in [3.8, 4) is 0 Å². The van der Waals surface area contributed by atoms with Crippen LogP contribution < -0.4 is 5.32 Å². The van der Waals surface area contributed by atoms with Crippen LogP contribution in [0.4, 0.5) is 10.6 Å². The van der Waals surface area contributed by atoms with E-state index >= 15 is 0 Å². The molecule has 2 heterocycles. The van der Waals surface area contributed by atoms with Gasteiger partial charge in [-0.3, -0.25) is 5.32 Å². The summed E-state index contributed by atoms with van der Waals surface area (Å²) in [5, 5.41) is 3.08. The summed E-state index contributed by atoms with van der Waals surface area (Å²) in [6, 6.07) is 9.06. The lowest BCUT2D eigenvalue weighted by Gasteiger charge is -2.19. The number of pyridine rings is 2. The number of carbonyl (C=O) groups excluding carboxylic acids is 1. The summed E-state index contributed by atoms with van der Waals surface area (Å²) in [6.07, 6.45) is 1.79. The van der Waals surface area contributed by atoms with Crippen LogP contribution in [-0.4, -0.2) is 21.7 Å². The maximum absolute atomic E-state index is 11.7. The third-order valence-electron chi connectivity index (χ3n) is 2.61. The van der Waals surface area contributed by atoms with E-state index in [0.29, 0.717) is 17.4 Å². The van der Waals surface area contributed by atoms with Crippen molar-refractivity contribution >= 4 is 23.5 Å². The molecule has 1 amide bonds. The van der Waals surface area contributed by atoms with Gasteiger partial charge in [-0.25, -0.2) is 14.8 Å². The number of halogens is 1.